The maximum absolute atomic E-state index is 13.9. The number of amides is 2. The molecule has 1 aliphatic heterocycles. The highest BCUT2D eigenvalue weighted by Crippen LogP contribution is 2.38. The van der Waals surface area contributed by atoms with Crippen molar-refractivity contribution in [3.63, 3.8) is 0 Å². The van der Waals surface area contributed by atoms with Gasteiger partial charge in [-0.25, -0.2) is 0 Å². The molecule has 2 amide bonds. The van der Waals surface area contributed by atoms with Crippen LogP contribution in [0.15, 0.2) is 64.5 Å². The van der Waals surface area contributed by atoms with Crippen molar-refractivity contribution in [3.05, 3.63) is 91.6 Å². The number of rotatable bonds is 6. The predicted molar refractivity (Wildman–Crippen MR) is 152 cm³/mol. The molecule has 4 nitrogen and oxygen atoms in total. The average Bonchev–Trinajstić information content (AvgIpc) is 3.34. The van der Waals surface area contributed by atoms with Gasteiger partial charge in [-0.05, 0) is 71.5 Å². The number of benzene rings is 2. The molecule has 0 aliphatic carbocycles. The Kier molecular flexibility index (Phi) is 8.06. The standard InChI is InChI=1S/C30H35BrN2O2S/c1-6-20(2)33(29(35)22-8-7-9-24(31)18-22)19-27(34)32-16-14-26-25(15-17-36-26)28(32)21-10-12-23(13-11-21)30(3,4)5/h7-13,15,17-18,20,28H,6,14,16,19H2,1-5H3. The Labute approximate surface area is 227 Å². The number of halogens is 1. The summed E-state index contributed by atoms with van der Waals surface area (Å²) in [6, 6.07) is 18.0. The van der Waals surface area contributed by atoms with E-state index < -0.39 is 0 Å². The van der Waals surface area contributed by atoms with Crippen molar-refractivity contribution in [2.24, 2.45) is 0 Å². The fourth-order valence-corrected chi connectivity index (χ4v) is 6.09. The maximum atomic E-state index is 13.9. The van der Waals surface area contributed by atoms with Crippen LogP contribution in [0, 0.1) is 0 Å². The van der Waals surface area contributed by atoms with Gasteiger partial charge in [0.1, 0.15) is 6.54 Å². The number of fused-ring (bicyclic) bond motifs is 1. The smallest absolute Gasteiger partial charge is 0.254 e. The Morgan fingerprint density at radius 3 is 2.50 bits per heavy atom. The second kappa shape index (κ2) is 10.9. The molecular weight excluding hydrogens is 532 g/mol. The summed E-state index contributed by atoms with van der Waals surface area (Å²) in [7, 11) is 0. The van der Waals surface area contributed by atoms with Gasteiger partial charge in [0.05, 0.1) is 6.04 Å². The molecule has 1 aromatic heterocycles. The Morgan fingerprint density at radius 1 is 1.14 bits per heavy atom. The van der Waals surface area contributed by atoms with E-state index in [0.29, 0.717) is 12.1 Å². The molecule has 2 heterocycles. The van der Waals surface area contributed by atoms with Crippen LogP contribution >= 0.6 is 27.3 Å². The van der Waals surface area contributed by atoms with E-state index in [-0.39, 0.29) is 35.9 Å². The first kappa shape index (κ1) is 26.6. The van der Waals surface area contributed by atoms with Crippen molar-refractivity contribution in [2.45, 2.75) is 65.0 Å². The van der Waals surface area contributed by atoms with Gasteiger partial charge in [-0.1, -0.05) is 74.0 Å². The van der Waals surface area contributed by atoms with E-state index in [1.807, 2.05) is 36.1 Å². The molecule has 2 unspecified atom stereocenters. The SMILES string of the molecule is CCC(C)N(CC(=O)N1CCc2sccc2C1c1ccc(C(C)(C)C)cc1)C(=O)c1cccc(Br)c1. The quantitative estimate of drug-likeness (QED) is 0.316. The molecule has 2 aromatic carbocycles. The van der Waals surface area contributed by atoms with Crippen LogP contribution < -0.4 is 0 Å². The minimum Gasteiger partial charge on any atom is -0.330 e. The number of hydrogen-bond donors (Lipinski definition) is 0. The van der Waals surface area contributed by atoms with Crippen molar-refractivity contribution < 1.29 is 9.59 Å². The highest BCUT2D eigenvalue weighted by atomic mass is 79.9. The van der Waals surface area contributed by atoms with Crippen molar-refractivity contribution in [1.29, 1.82) is 0 Å². The Hall–Kier alpha value is -2.44. The summed E-state index contributed by atoms with van der Waals surface area (Å²) in [4.78, 5) is 32.4. The maximum Gasteiger partial charge on any atom is 0.254 e. The molecule has 6 heteroatoms. The molecule has 2 atom stereocenters. The molecule has 0 bridgehead atoms. The molecular formula is C30H35BrN2O2S. The number of carbonyl (C=O) groups is 2. The monoisotopic (exact) mass is 566 g/mol. The normalized spacial score (nSPS) is 16.4. The third kappa shape index (κ3) is 5.60. The number of hydrogen-bond acceptors (Lipinski definition) is 3. The van der Waals surface area contributed by atoms with E-state index in [2.05, 4.69) is 79.3 Å². The van der Waals surface area contributed by atoms with E-state index in [9.17, 15) is 9.59 Å². The summed E-state index contributed by atoms with van der Waals surface area (Å²) in [5.74, 6) is -0.126. The first-order valence-corrected chi connectivity index (χ1v) is 14.3. The molecule has 0 saturated carbocycles. The third-order valence-electron chi connectivity index (χ3n) is 7.14. The van der Waals surface area contributed by atoms with E-state index in [4.69, 9.17) is 0 Å². The number of carbonyl (C=O) groups excluding carboxylic acids is 2. The van der Waals surface area contributed by atoms with Gasteiger partial charge >= 0.3 is 0 Å². The van der Waals surface area contributed by atoms with Crippen LogP contribution in [0.25, 0.3) is 0 Å². The first-order chi connectivity index (χ1) is 17.1. The summed E-state index contributed by atoms with van der Waals surface area (Å²) in [6.07, 6.45) is 1.62. The number of nitrogens with zero attached hydrogens (tertiary/aromatic N) is 2. The van der Waals surface area contributed by atoms with Crippen LogP contribution in [0.4, 0.5) is 0 Å². The minimum absolute atomic E-state index is 0.0135. The zero-order valence-electron chi connectivity index (χ0n) is 21.8. The molecule has 0 N–H and O–H groups in total. The van der Waals surface area contributed by atoms with Crippen molar-refractivity contribution in [1.82, 2.24) is 9.80 Å². The fraction of sp³-hybridized carbons (Fsp3) is 0.400. The predicted octanol–water partition coefficient (Wildman–Crippen LogP) is 7.22. The molecule has 0 fully saturated rings. The summed E-state index contributed by atoms with van der Waals surface area (Å²) in [5.41, 5.74) is 4.25. The molecule has 3 aromatic rings. The first-order valence-electron chi connectivity index (χ1n) is 12.6. The molecule has 4 rings (SSSR count). The highest BCUT2D eigenvalue weighted by molar-refractivity contribution is 9.10. The van der Waals surface area contributed by atoms with E-state index >= 15 is 0 Å². The Morgan fingerprint density at radius 2 is 1.86 bits per heavy atom. The lowest BCUT2D eigenvalue weighted by molar-refractivity contribution is -0.134. The van der Waals surface area contributed by atoms with Gasteiger partial charge in [0.15, 0.2) is 0 Å². The minimum atomic E-state index is -0.138. The Bertz CT molecular complexity index is 1230. The van der Waals surface area contributed by atoms with Crippen LogP contribution in [0.1, 0.15) is 79.0 Å². The van der Waals surface area contributed by atoms with Crippen LogP contribution in [-0.2, 0) is 16.6 Å². The summed E-state index contributed by atoms with van der Waals surface area (Å²) >= 11 is 5.23. The lowest BCUT2D eigenvalue weighted by atomic mass is 9.85. The van der Waals surface area contributed by atoms with Crippen molar-refractivity contribution in [3.8, 4) is 0 Å². The average molecular weight is 568 g/mol. The van der Waals surface area contributed by atoms with Gasteiger partial charge in [0.2, 0.25) is 5.91 Å². The zero-order valence-corrected chi connectivity index (χ0v) is 24.2. The molecule has 36 heavy (non-hydrogen) atoms. The highest BCUT2D eigenvalue weighted by Gasteiger charge is 2.35. The second-order valence-corrected chi connectivity index (χ2v) is 12.5. The second-order valence-electron chi connectivity index (χ2n) is 10.6. The van der Waals surface area contributed by atoms with Crippen LogP contribution in [0.2, 0.25) is 0 Å². The van der Waals surface area contributed by atoms with Crippen molar-refractivity contribution >= 4 is 39.1 Å². The third-order valence-corrected chi connectivity index (χ3v) is 8.63. The topological polar surface area (TPSA) is 40.6 Å². The zero-order chi connectivity index (χ0) is 26.0. The van der Waals surface area contributed by atoms with E-state index in [0.717, 1.165) is 22.9 Å². The van der Waals surface area contributed by atoms with Crippen LogP contribution in [-0.4, -0.2) is 40.7 Å². The molecule has 190 valence electrons. The number of thiophene rings is 1. The van der Waals surface area contributed by atoms with Gasteiger partial charge in [-0.15, -0.1) is 11.3 Å². The van der Waals surface area contributed by atoms with Crippen LogP contribution in [0.5, 0.6) is 0 Å². The van der Waals surface area contributed by atoms with Crippen LogP contribution in [0.3, 0.4) is 0 Å². The van der Waals surface area contributed by atoms with E-state index in [1.165, 1.54) is 16.0 Å². The van der Waals surface area contributed by atoms with Crippen molar-refractivity contribution in [2.75, 3.05) is 13.1 Å². The largest absolute Gasteiger partial charge is 0.330 e. The summed E-state index contributed by atoms with van der Waals surface area (Å²) < 4.78 is 0.851. The van der Waals surface area contributed by atoms with Gasteiger partial charge in [-0.2, -0.15) is 0 Å². The molecule has 0 radical (unpaired) electrons. The summed E-state index contributed by atoms with van der Waals surface area (Å²) in [6.45, 7) is 11.4. The van der Waals surface area contributed by atoms with Gasteiger partial charge in [0.25, 0.3) is 5.91 Å². The Balaban J connectivity index is 1.65. The van der Waals surface area contributed by atoms with Gasteiger partial charge < -0.3 is 9.80 Å². The lowest BCUT2D eigenvalue weighted by Gasteiger charge is -2.38. The van der Waals surface area contributed by atoms with E-state index in [1.54, 1.807) is 16.2 Å². The van der Waals surface area contributed by atoms with Gasteiger partial charge in [0, 0.05) is 27.5 Å². The molecule has 0 spiro atoms. The lowest BCUT2D eigenvalue weighted by Crippen LogP contribution is -2.49. The fourth-order valence-electron chi connectivity index (χ4n) is 4.78. The summed E-state index contributed by atoms with van der Waals surface area (Å²) in [5, 5.41) is 2.12. The molecule has 0 saturated heterocycles. The van der Waals surface area contributed by atoms with Gasteiger partial charge in [-0.3, -0.25) is 9.59 Å². The molecule has 1 aliphatic rings.